The van der Waals surface area contributed by atoms with Crippen LogP contribution in [0.25, 0.3) is 0 Å². The third-order valence-corrected chi connectivity index (χ3v) is 1.08. The van der Waals surface area contributed by atoms with E-state index in [1.54, 1.807) is 0 Å². The highest BCUT2D eigenvalue weighted by Crippen LogP contribution is 1.97. The van der Waals surface area contributed by atoms with Crippen LogP contribution in [-0.4, -0.2) is 17.7 Å². The molecule has 0 aliphatic rings. The van der Waals surface area contributed by atoms with Gasteiger partial charge in [0.1, 0.15) is 6.26 Å². The van der Waals surface area contributed by atoms with Crippen LogP contribution < -0.4 is 0 Å². The van der Waals surface area contributed by atoms with Gasteiger partial charge < -0.3 is 9.26 Å². The Morgan fingerprint density at radius 3 is 3.18 bits per heavy atom. The number of nitrogens with zero attached hydrogens (tertiary/aromatic N) is 1. The van der Waals surface area contributed by atoms with Crippen molar-refractivity contribution in [2.75, 3.05) is 6.61 Å². The molecule has 0 saturated carbocycles. The van der Waals surface area contributed by atoms with E-state index >= 15 is 0 Å². The maximum Gasteiger partial charge on any atom is 0.360 e. The first kappa shape index (κ1) is 7.78. The summed E-state index contributed by atoms with van der Waals surface area (Å²) in [6.07, 6.45) is 2.14. The normalized spacial score (nSPS) is 9.55. The fourth-order valence-corrected chi connectivity index (χ4v) is 0.587. The summed E-state index contributed by atoms with van der Waals surface area (Å²) in [5.41, 5.74) is 0.221. The van der Waals surface area contributed by atoms with Gasteiger partial charge >= 0.3 is 5.97 Å². The molecule has 0 unspecified atom stereocenters. The molecule has 0 radical (unpaired) electrons. The molecular weight excluding hydrogens is 146 g/mol. The highest BCUT2D eigenvalue weighted by Gasteiger charge is 2.08. The van der Waals surface area contributed by atoms with Crippen molar-refractivity contribution in [2.45, 2.75) is 13.3 Å². The number of rotatable bonds is 3. The van der Waals surface area contributed by atoms with Crippen molar-refractivity contribution >= 4 is 5.97 Å². The number of aromatic nitrogens is 1. The van der Waals surface area contributed by atoms with Crippen molar-refractivity contribution in [3.05, 3.63) is 18.0 Å². The third-order valence-electron chi connectivity index (χ3n) is 1.08. The van der Waals surface area contributed by atoms with Crippen LogP contribution in [0, 0.1) is 0 Å². The number of carbonyl (C=O) groups excluding carboxylic acids is 1. The van der Waals surface area contributed by atoms with Gasteiger partial charge in [0.15, 0.2) is 5.69 Å². The van der Waals surface area contributed by atoms with Gasteiger partial charge in [-0.15, -0.1) is 0 Å². The van der Waals surface area contributed by atoms with Crippen LogP contribution in [0.2, 0.25) is 0 Å². The second-order valence-corrected chi connectivity index (χ2v) is 2.02. The van der Waals surface area contributed by atoms with Crippen LogP contribution >= 0.6 is 0 Å². The van der Waals surface area contributed by atoms with Crippen LogP contribution in [0.5, 0.6) is 0 Å². The highest BCUT2D eigenvalue weighted by atomic mass is 16.5. The van der Waals surface area contributed by atoms with Crippen LogP contribution in [0.1, 0.15) is 23.8 Å². The Bertz CT molecular complexity index is 218. The molecule has 1 heterocycles. The molecule has 4 nitrogen and oxygen atoms in total. The molecule has 11 heavy (non-hydrogen) atoms. The van der Waals surface area contributed by atoms with E-state index in [1.165, 1.54) is 12.3 Å². The van der Waals surface area contributed by atoms with Crippen molar-refractivity contribution in [3.63, 3.8) is 0 Å². The van der Waals surface area contributed by atoms with E-state index in [9.17, 15) is 4.79 Å². The lowest BCUT2D eigenvalue weighted by molar-refractivity contribution is 0.0493. The Morgan fingerprint density at radius 2 is 2.64 bits per heavy atom. The van der Waals surface area contributed by atoms with Crippen molar-refractivity contribution in [3.8, 4) is 0 Å². The molecule has 0 atom stereocenters. The molecule has 0 spiro atoms. The molecule has 0 saturated heterocycles. The standard InChI is InChI=1S/C7H9NO3/c1-2-4-10-7(9)6-3-5-11-8-6/h3,5H,2,4H2,1H3. The maximum absolute atomic E-state index is 10.9. The smallest absolute Gasteiger partial charge is 0.360 e. The second kappa shape index (κ2) is 3.75. The van der Waals surface area contributed by atoms with Gasteiger partial charge in [-0.3, -0.25) is 0 Å². The van der Waals surface area contributed by atoms with Crippen molar-refractivity contribution < 1.29 is 14.1 Å². The minimum absolute atomic E-state index is 0.221. The van der Waals surface area contributed by atoms with Gasteiger partial charge in [-0.2, -0.15) is 0 Å². The van der Waals surface area contributed by atoms with E-state index in [4.69, 9.17) is 4.74 Å². The summed E-state index contributed by atoms with van der Waals surface area (Å²) in [7, 11) is 0. The first-order valence-corrected chi connectivity index (χ1v) is 3.42. The minimum Gasteiger partial charge on any atom is -0.461 e. The molecule has 0 amide bonds. The Hall–Kier alpha value is -1.32. The molecule has 0 aliphatic heterocycles. The van der Waals surface area contributed by atoms with Crippen molar-refractivity contribution in [2.24, 2.45) is 0 Å². The predicted octanol–water partition coefficient (Wildman–Crippen LogP) is 1.24. The zero-order chi connectivity index (χ0) is 8.10. The van der Waals surface area contributed by atoms with Gasteiger partial charge in [-0.25, -0.2) is 4.79 Å². The lowest BCUT2D eigenvalue weighted by Gasteiger charge is -1.97. The average molecular weight is 155 g/mol. The molecule has 0 fully saturated rings. The average Bonchev–Trinajstić information content (AvgIpc) is 2.52. The fraction of sp³-hybridized carbons (Fsp3) is 0.429. The van der Waals surface area contributed by atoms with Gasteiger partial charge in [-0.1, -0.05) is 12.1 Å². The predicted molar refractivity (Wildman–Crippen MR) is 37.1 cm³/mol. The molecule has 4 heteroatoms. The third kappa shape index (κ3) is 2.07. The first-order chi connectivity index (χ1) is 5.34. The van der Waals surface area contributed by atoms with Gasteiger partial charge in [0.25, 0.3) is 0 Å². The molecular formula is C7H9NO3. The number of hydrogen-bond acceptors (Lipinski definition) is 4. The summed E-state index contributed by atoms with van der Waals surface area (Å²) < 4.78 is 9.24. The summed E-state index contributed by atoms with van der Waals surface area (Å²) in [5, 5.41) is 3.42. The zero-order valence-corrected chi connectivity index (χ0v) is 6.24. The number of ether oxygens (including phenoxy) is 1. The SMILES string of the molecule is CCCOC(=O)c1ccon1. The van der Waals surface area contributed by atoms with E-state index < -0.39 is 5.97 Å². The van der Waals surface area contributed by atoms with Gasteiger partial charge in [0, 0.05) is 6.07 Å². The Balaban J connectivity index is 2.43. The number of esters is 1. The van der Waals surface area contributed by atoms with Crippen molar-refractivity contribution in [1.82, 2.24) is 5.16 Å². The van der Waals surface area contributed by atoms with E-state index in [0.29, 0.717) is 6.61 Å². The fourth-order valence-electron chi connectivity index (χ4n) is 0.587. The monoisotopic (exact) mass is 155 g/mol. The zero-order valence-electron chi connectivity index (χ0n) is 6.24. The number of carbonyl (C=O) groups is 1. The molecule has 0 N–H and O–H groups in total. The lowest BCUT2D eigenvalue weighted by atomic mass is 10.4. The van der Waals surface area contributed by atoms with Crippen LogP contribution in [0.4, 0.5) is 0 Å². The van der Waals surface area contributed by atoms with E-state index in [2.05, 4.69) is 9.68 Å². The lowest BCUT2D eigenvalue weighted by Crippen LogP contribution is -2.05. The Kier molecular flexibility index (Phi) is 2.66. The second-order valence-electron chi connectivity index (χ2n) is 2.02. The van der Waals surface area contributed by atoms with Crippen LogP contribution in [0.3, 0.4) is 0 Å². The summed E-state index contributed by atoms with van der Waals surface area (Å²) in [4.78, 5) is 10.9. The number of hydrogen-bond donors (Lipinski definition) is 0. The molecule has 0 aliphatic carbocycles. The summed E-state index contributed by atoms with van der Waals surface area (Å²) in [6, 6.07) is 1.47. The van der Waals surface area contributed by atoms with Gasteiger partial charge in [0.05, 0.1) is 6.61 Å². The largest absolute Gasteiger partial charge is 0.461 e. The molecule has 0 aromatic carbocycles. The van der Waals surface area contributed by atoms with Gasteiger partial charge in [-0.05, 0) is 6.42 Å². The summed E-state index contributed by atoms with van der Waals surface area (Å²) in [5.74, 6) is -0.430. The molecule has 1 aromatic heterocycles. The van der Waals surface area contributed by atoms with Crippen molar-refractivity contribution in [1.29, 1.82) is 0 Å². The molecule has 1 aromatic rings. The quantitative estimate of drug-likeness (QED) is 0.616. The van der Waals surface area contributed by atoms with Gasteiger partial charge in [0.2, 0.25) is 0 Å². The Labute approximate surface area is 64.1 Å². The van der Waals surface area contributed by atoms with E-state index in [1.807, 2.05) is 6.92 Å². The first-order valence-electron chi connectivity index (χ1n) is 3.42. The summed E-state index contributed by atoms with van der Waals surface area (Å²) >= 11 is 0. The highest BCUT2D eigenvalue weighted by molar-refractivity contribution is 5.86. The molecule has 60 valence electrons. The topological polar surface area (TPSA) is 52.3 Å². The molecule has 0 bridgehead atoms. The maximum atomic E-state index is 10.9. The Morgan fingerprint density at radius 1 is 1.82 bits per heavy atom. The van der Waals surface area contributed by atoms with Crippen LogP contribution in [0.15, 0.2) is 16.9 Å². The van der Waals surface area contributed by atoms with E-state index in [0.717, 1.165) is 6.42 Å². The summed E-state index contributed by atoms with van der Waals surface area (Å²) in [6.45, 7) is 2.35. The minimum atomic E-state index is -0.430. The van der Waals surface area contributed by atoms with Crippen LogP contribution in [-0.2, 0) is 4.74 Å². The van der Waals surface area contributed by atoms with E-state index in [-0.39, 0.29) is 5.69 Å². The molecule has 1 rings (SSSR count).